The molecule has 1 aromatic rings. The molecule has 1 rings (SSSR count). The van der Waals surface area contributed by atoms with Gasteiger partial charge in [-0.3, -0.25) is 4.79 Å². The summed E-state index contributed by atoms with van der Waals surface area (Å²) in [6.07, 6.45) is 0. The second-order valence-electron chi connectivity index (χ2n) is 2.46. The maximum atomic E-state index is 11.1. The minimum Gasteiger partial charge on any atom is -0.358 e. The number of hydrogen-bond donors (Lipinski definition) is 1. The van der Waals surface area contributed by atoms with Crippen molar-refractivity contribution < 1.29 is 4.79 Å². The molecule has 1 unspecified atom stereocenters. The van der Waals surface area contributed by atoms with Crippen molar-refractivity contribution in [1.82, 2.24) is 15.5 Å². The lowest BCUT2D eigenvalue weighted by Crippen LogP contribution is -2.27. The predicted molar refractivity (Wildman–Crippen MR) is 54.0 cm³/mol. The van der Waals surface area contributed by atoms with Gasteiger partial charge in [-0.2, -0.15) is 0 Å². The van der Waals surface area contributed by atoms with Crippen molar-refractivity contribution in [3.63, 3.8) is 0 Å². The Morgan fingerprint density at radius 1 is 1.62 bits per heavy atom. The van der Waals surface area contributed by atoms with E-state index in [1.165, 1.54) is 23.1 Å². The van der Waals surface area contributed by atoms with E-state index in [1.54, 1.807) is 7.05 Å². The maximum Gasteiger partial charge on any atom is 0.233 e. The lowest BCUT2D eigenvalue weighted by Gasteiger charge is -2.05. The van der Waals surface area contributed by atoms with E-state index in [2.05, 4.69) is 15.5 Å². The first-order chi connectivity index (χ1) is 6.13. The number of nitrogens with one attached hydrogen (secondary N) is 1. The summed E-state index contributed by atoms with van der Waals surface area (Å²) in [7, 11) is 1.63. The van der Waals surface area contributed by atoms with Crippen LogP contribution < -0.4 is 5.32 Å². The van der Waals surface area contributed by atoms with Gasteiger partial charge in [0.2, 0.25) is 5.91 Å². The molecule has 0 bridgehead atoms. The van der Waals surface area contributed by atoms with Gasteiger partial charge in [0, 0.05) is 7.05 Å². The molecule has 0 aliphatic heterocycles. The van der Waals surface area contributed by atoms with Crippen molar-refractivity contribution in [3.05, 3.63) is 5.01 Å². The highest BCUT2D eigenvalue weighted by Crippen LogP contribution is 2.25. The van der Waals surface area contributed by atoms with Gasteiger partial charge in [-0.15, -0.1) is 10.2 Å². The zero-order valence-corrected chi connectivity index (χ0v) is 9.33. The Morgan fingerprint density at radius 2 is 2.31 bits per heavy atom. The average Bonchev–Trinajstić information content (AvgIpc) is 2.49. The molecule has 0 radical (unpaired) electrons. The molecular formula is C7H11N3OS2. The number of aryl methyl sites for hydroxylation is 1. The fraction of sp³-hybridized carbons (Fsp3) is 0.571. The molecule has 0 aliphatic rings. The van der Waals surface area contributed by atoms with Gasteiger partial charge in [0.1, 0.15) is 5.01 Å². The molecule has 0 fully saturated rings. The van der Waals surface area contributed by atoms with E-state index in [0.717, 1.165) is 9.35 Å². The van der Waals surface area contributed by atoms with E-state index < -0.39 is 0 Å². The van der Waals surface area contributed by atoms with Gasteiger partial charge in [0.25, 0.3) is 0 Å². The first-order valence-electron chi connectivity index (χ1n) is 3.82. The monoisotopic (exact) mass is 217 g/mol. The summed E-state index contributed by atoms with van der Waals surface area (Å²) in [5.41, 5.74) is 0. The van der Waals surface area contributed by atoms with E-state index in [4.69, 9.17) is 0 Å². The summed E-state index contributed by atoms with van der Waals surface area (Å²) in [6.45, 7) is 3.74. The van der Waals surface area contributed by atoms with Gasteiger partial charge in [-0.25, -0.2) is 0 Å². The van der Waals surface area contributed by atoms with Crippen molar-refractivity contribution in [1.29, 1.82) is 0 Å². The van der Waals surface area contributed by atoms with Crippen molar-refractivity contribution in [3.8, 4) is 0 Å². The largest absolute Gasteiger partial charge is 0.358 e. The highest BCUT2D eigenvalue weighted by Gasteiger charge is 2.14. The Hall–Kier alpha value is -0.620. The minimum atomic E-state index is -0.114. The van der Waals surface area contributed by atoms with Crippen LogP contribution in [-0.4, -0.2) is 28.4 Å². The van der Waals surface area contributed by atoms with Crippen molar-refractivity contribution in [2.24, 2.45) is 0 Å². The van der Waals surface area contributed by atoms with E-state index in [-0.39, 0.29) is 11.2 Å². The number of hydrogen-bond acceptors (Lipinski definition) is 5. The van der Waals surface area contributed by atoms with Crippen LogP contribution in [0.5, 0.6) is 0 Å². The molecule has 1 aromatic heterocycles. The van der Waals surface area contributed by atoms with Gasteiger partial charge in [-0.1, -0.05) is 23.1 Å². The Bertz CT molecular complexity index is 300. The van der Waals surface area contributed by atoms with Crippen LogP contribution in [0.15, 0.2) is 4.34 Å². The number of amides is 1. The zero-order valence-electron chi connectivity index (χ0n) is 7.70. The summed E-state index contributed by atoms with van der Waals surface area (Å²) in [6, 6.07) is 0. The third-order valence-electron chi connectivity index (χ3n) is 1.40. The van der Waals surface area contributed by atoms with Crippen LogP contribution in [0.1, 0.15) is 11.9 Å². The molecule has 0 saturated carbocycles. The molecule has 4 nitrogen and oxygen atoms in total. The molecule has 1 N–H and O–H groups in total. The summed E-state index contributed by atoms with van der Waals surface area (Å²) in [4.78, 5) is 11.1. The zero-order chi connectivity index (χ0) is 9.84. The Morgan fingerprint density at radius 3 is 2.77 bits per heavy atom. The van der Waals surface area contributed by atoms with Crippen LogP contribution >= 0.6 is 23.1 Å². The molecule has 13 heavy (non-hydrogen) atoms. The molecule has 0 aromatic carbocycles. The van der Waals surface area contributed by atoms with Crippen LogP contribution in [0.4, 0.5) is 0 Å². The van der Waals surface area contributed by atoms with Gasteiger partial charge in [0.05, 0.1) is 5.25 Å². The Kier molecular flexibility index (Phi) is 3.68. The normalized spacial score (nSPS) is 12.5. The van der Waals surface area contributed by atoms with E-state index in [1.807, 2.05) is 13.8 Å². The molecule has 0 saturated heterocycles. The highest BCUT2D eigenvalue weighted by atomic mass is 32.2. The third-order valence-corrected chi connectivity index (χ3v) is 3.42. The number of rotatable bonds is 3. The van der Waals surface area contributed by atoms with Gasteiger partial charge in [-0.05, 0) is 13.8 Å². The second kappa shape index (κ2) is 4.57. The maximum absolute atomic E-state index is 11.1. The standard InChI is InChI=1S/C7H11N3OS2/c1-4(6(11)8-3)12-7-10-9-5(2)13-7/h4H,1-3H3,(H,8,11). The van der Waals surface area contributed by atoms with Gasteiger partial charge < -0.3 is 5.32 Å². The molecule has 1 atom stereocenters. The van der Waals surface area contributed by atoms with Gasteiger partial charge in [0.15, 0.2) is 4.34 Å². The summed E-state index contributed by atoms with van der Waals surface area (Å²) < 4.78 is 0.841. The van der Waals surface area contributed by atoms with Crippen LogP contribution in [0, 0.1) is 6.92 Å². The van der Waals surface area contributed by atoms with Crippen LogP contribution in [0.3, 0.4) is 0 Å². The number of nitrogens with zero attached hydrogens (tertiary/aromatic N) is 2. The SMILES string of the molecule is CNC(=O)C(C)Sc1nnc(C)s1. The lowest BCUT2D eigenvalue weighted by molar-refractivity contribution is -0.119. The quantitative estimate of drug-likeness (QED) is 0.770. The predicted octanol–water partition coefficient (Wildman–Crippen LogP) is 1.07. The van der Waals surface area contributed by atoms with Crippen LogP contribution in [0.2, 0.25) is 0 Å². The van der Waals surface area contributed by atoms with E-state index >= 15 is 0 Å². The van der Waals surface area contributed by atoms with Crippen molar-refractivity contribution in [2.45, 2.75) is 23.4 Å². The van der Waals surface area contributed by atoms with E-state index in [0.29, 0.717) is 0 Å². The van der Waals surface area contributed by atoms with Crippen LogP contribution in [-0.2, 0) is 4.79 Å². The molecule has 1 amide bonds. The third kappa shape index (κ3) is 2.96. The molecule has 6 heteroatoms. The van der Waals surface area contributed by atoms with Gasteiger partial charge >= 0.3 is 0 Å². The van der Waals surface area contributed by atoms with E-state index in [9.17, 15) is 4.79 Å². The number of thioether (sulfide) groups is 1. The van der Waals surface area contributed by atoms with Crippen molar-refractivity contribution in [2.75, 3.05) is 7.05 Å². The molecule has 0 spiro atoms. The molecular weight excluding hydrogens is 206 g/mol. The summed E-state index contributed by atoms with van der Waals surface area (Å²) in [5.74, 6) is 0.0119. The fourth-order valence-corrected chi connectivity index (χ4v) is 2.75. The lowest BCUT2D eigenvalue weighted by atomic mass is 10.4. The summed E-state index contributed by atoms with van der Waals surface area (Å²) >= 11 is 2.93. The first kappa shape index (κ1) is 10.5. The Balaban J connectivity index is 2.54. The Labute approximate surface area is 85.1 Å². The number of aromatic nitrogens is 2. The van der Waals surface area contributed by atoms with Crippen LogP contribution in [0.25, 0.3) is 0 Å². The second-order valence-corrected chi connectivity index (χ2v) is 5.23. The molecule has 72 valence electrons. The smallest absolute Gasteiger partial charge is 0.233 e. The number of carbonyl (C=O) groups excluding carboxylic acids is 1. The van der Waals surface area contributed by atoms with Crippen molar-refractivity contribution >= 4 is 29.0 Å². The average molecular weight is 217 g/mol. The number of carbonyl (C=O) groups is 1. The highest BCUT2D eigenvalue weighted by molar-refractivity contribution is 8.02. The summed E-state index contributed by atoms with van der Waals surface area (Å²) in [5, 5.41) is 11.2. The molecule has 1 heterocycles. The topological polar surface area (TPSA) is 54.9 Å². The first-order valence-corrected chi connectivity index (χ1v) is 5.51. The minimum absolute atomic E-state index is 0.0119. The fourth-order valence-electron chi connectivity index (χ4n) is 0.734. The molecule has 0 aliphatic carbocycles.